The Hall–Kier alpha value is -2.29. The molecular weight excluding hydrogens is 264 g/mol. The molecule has 1 aliphatic rings. The van der Waals surface area contributed by atoms with Crippen LogP contribution in [0.2, 0.25) is 0 Å². The molecule has 3 heteroatoms. The molecule has 0 N–H and O–H groups in total. The number of aryl methyl sites for hydroxylation is 1. The van der Waals surface area contributed by atoms with Crippen LogP contribution in [0.25, 0.3) is 0 Å². The number of benzene rings is 2. The summed E-state index contributed by atoms with van der Waals surface area (Å²) in [5.41, 5.74) is 1.96. The van der Waals surface area contributed by atoms with Crippen molar-refractivity contribution in [2.45, 2.75) is 19.3 Å². The minimum Gasteiger partial charge on any atom is -0.490 e. The average Bonchev–Trinajstić information content (AvgIpc) is 2.53. The summed E-state index contributed by atoms with van der Waals surface area (Å²) in [6.45, 7) is 0.988. The normalized spacial score (nSPS) is 13.6. The summed E-state index contributed by atoms with van der Waals surface area (Å²) in [5.74, 6) is 1.90. The van der Waals surface area contributed by atoms with Crippen LogP contribution in [0.5, 0.6) is 11.5 Å². The molecule has 2 aromatic carbocycles. The van der Waals surface area contributed by atoms with Gasteiger partial charge in [0.1, 0.15) is 24.7 Å². The smallest absolute Gasteiger partial charge is 0.163 e. The number of Topliss-reactive ketones (excluding diaryl/α,β-unsaturated/α-hetero) is 1. The van der Waals surface area contributed by atoms with Crippen molar-refractivity contribution in [3.8, 4) is 11.5 Å². The molecule has 2 aromatic rings. The lowest BCUT2D eigenvalue weighted by Gasteiger charge is -2.16. The second kappa shape index (κ2) is 6.44. The van der Waals surface area contributed by atoms with Gasteiger partial charge in [0.25, 0.3) is 0 Å². The number of hydrogen-bond donors (Lipinski definition) is 0. The van der Waals surface area contributed by atoms with E-state index in [2.05, 4.69) is 0 Å². The number of carbonyl (C=O) groups excluding carboxylic acids is 1. The summed E-state index contributed by atoms with van der Waals surface area (Å²) < 4.78 is 11.3. The van der Waals surface area contributed by atoms with Gasteiger partial charge in [-0.25, -0.2) is 0 Å². The Bertz CT molecular complexity index is 620. The van der Waals surface area contributed by atoms with Crippen LogP contribution in [-0.2, 0) is 6.42 Å². The summed E-state index contributed by atoms with van der Waals surface area (Å²) in [6, 6.07) is 15.4. The van der Waals surface area contributed by atoms with Gasteiger partial charge < -0.3 is 9.47 Å². The van der Waals surface area contributed by atoms with Gasteiger partial charge in [0.15, 0.2) is 5.78 Å². The predicted octanol–water partition coefficient (Wildman–Crippen LogP) is 3.66. The molecule has 0 heterocycles. The van der Waals surface area contributed by atoms with Crippen molar-refractivity contribution in [1.29, 1.82) is 0 Å². The molecule has 1 aliphatic carbocycles. The fourth-order valence-corrected chi connectivity index (χ4v) is 2.55. The summed E-state index contributed by atoms with van der Waals surface area (Å²) in [7, 11) is 0. The van der Waals surface area contributed by atoms with E-state index in [4.69, 9.17) is 9.47 Å². The molecule has 0 spiro atoms. The van der Waals surface area contributed by atoms with E-state index < -0.39 is 0 Å². The maximum Gasteiger partial charge on any atom is 0.163 e. The SMILES string of the molecule is O=C1CCCc2cc(OCCOc3ccccc3)ccc21. The molecule has 0 saturated carbocycles. The van der Waals surface area contributed by atoms with Crippen molar-refractivity contribution in [2.24, 2.45) is 0 Å². The zero-order valence-electron chi connectivity index (χ0n) is 11.9. The Morgan fingerprint density at radius 3 is 2.43 bits per heavy atom. The third-order valence-electron chi connectivity index (χ3n) is 3.59. The monoisotopic (exact) mass is 282 g/mol. The molecule has 3 nitrogen and oxygen atoms in total. The van der Waals surface area contributed by atoms with Crippen LogP contribution in [0.15, 0.2) is 48.5 Å². The van der Waals surface area contributed by atoms with E-state index >= 15 is 0 Å². The molecular formula is C18H18O3. The standard InChI is InChI=1S/C18H18O3/c19-18-8-4-5-14-13-16(9-10-17(14)18)21-12-11-20-15-6-2-1-3-7-15/h1-3,6-7,9-10,13H,4-5,8,11-12H2. The number of carbonyl (C=O) groups is 1. The Morgan fingerprint density at radius 1 is 0.857 bits per heavy atom. The second-order valence-electron chi connectivity index (χ2n) is 5.11. The molecule has 0 saturated heterocycles. The number of para-hydroxylation sites is 1. The largest absolute Gasteiger partial charge is 0.490 e. The van der Waals surface area contributed by atoms with Gasteiger partial charge in [-0.1, -0.05) is 18.2 Å². The Kier molecular flexibility index (Phi) is 4.20. The van der Waals surface area contributed by atoms with Gasteiger partial charge >= 0.3 is 0 Å². The summed E-state index contributed by atoms with van der Waals surface area (Å²) in [4.78, 5) is 11.8. The average molecular weight is 282 g/mol. The first kappa shape index (κ1) is 13.7. The van der Waals surface area contributed by atoms with Gasteiger partial charge in [0.2, 0.25) is 0 Å². The number of hydrogen-bond acceptors (Lipinski definition) is 3. The first-order chi connectivity index (χ1) is 10.3. The maximum atomic E-state index is 11.8. The van der Waals surface area contributed by atoms with E-state index in [-0.39, 0.29) is 5.78 Å². The van der Waals surface area contributed by atoms with Crippen LogP contribution in [0.1, 0.15) is 28.8 Å². The van der Waals surface area contributed by atoms with Crippen LogP contribution in [0.3, 0.4) is 0 Å². The van der Waals surface area contributed by atoms with Gasteiger partial charge in [0, 0.05) is 12.0 Å². The predicted molar refractivity (Wildman–Crippen MR) is 81.1 cm³/mol. The van der Waals surface area contributed by atoms with Crippen molar-refractivity contribution in [3.63, 3.8) is 0 Å². The highest BCUT2D eigenvalue weighted by molar-refractivity contribution is 5.98. The second-order valence-corrected chi connectivity index (χ2v) is 5.11. The highest BCUT2D eigenvalue weighted by Gasteiger charge is 2.17. The summed E-state index contributed by atoms with van der Waals surface area (Å²) >= 11 is 0. The highest BCUT2D eigenvalue weighted by Crippen LogP contribution is 2.25. The minimum atomic E-state index is 0.246. The van der Waals surface area contributed by atoms with Crippen LogP contribution in [-0.4, -0.2) is 19.0 Å². The molecule has 0 radical (unpaired) electrons. The van der Waals surface area contributed by atoms with E-state index in [9.17, 15) is 4.79 Å². The number of rotatable bonds is 5. The number of ether oxygens (including phenoxy) is 2. The van der Waals surface area contributed by atoms with Crippen molar-refractivity contribution >= 4 is 5.78 Å². The molecule has 0 aliphatic heterocycles. The Labute approximate surface area is 124 Å². The fraction of sp³-hybridized carbons (Fsp3) is 0.278. The van der Waals surface area contributed by atoms with Gasteiger partial charge in [-0.2, -0.15) is 0 Å². The van der Waals surface area contributed by atoms with E-state index in [0.717, 1.165) is 35.5 Å². The van der Waals surface area contributed by atoms with E-state index in [1.165, 1.54) is 0 Å². The van der Waals surface area contributed by atoms with E-state index in [0.29, 0.717) is 19.6 Å². The van der Waals surface area contributed by atoms with E-state index in [1.807, 2.05) is 48.5 Å². The van der Waals surface area contributed by atoms with Crippen LogP contribution in [0.4, 0.5) is 0 Å². The molecule has 0 atom stereocenters. The summed E-state index contributed by atoms with van der Waals surface area (Å²) in [5, 5.41) is 0. The summed E-state index contributed by atoms with van der Waals surface area (Å²) in [6.07, 6.45) is 2.56. The molecule has 0 fully saturated rings. The van der Waals surface area contributed by atoms with E-state index in [1.54, 1.807) is 0 Å². The first-order valence-electron chi connectivity index (χ1n) is 7.30. The van der Waals surface area contributed by atoms with Gasteiger partial charge in [-0.05, 0) is 48.7 Å². The molecule has 108 valence electrons. The molecule has 0 amide bonds. The molecule has 0 aromatic heterocycles. The lowest BCUT2D eigenvalue weighted by atomic mass is 9.91. The van der Waals surface area contributed by atoms with Gasteiger partial charge in [-0.3, -0.25) is 4.79 Å². The quantitative estimate of drug-likeness (QED) is 0.785. The van der Waals surface area contributed by atoms with Crippen molar-refractivity contribution < 1.29 is 14.3 Å². The zero-order chi connectivity index (χ0) is 14.5. The maximum absolute atomic E-state index is 11.8. The molecule has 0 unspecified atom stereocenters. The number of ketones is 1. The Morgan fingerprint density at radius 2 is 1.62 bits per heavy atom. The highest BCUT2D eigenvalue weighted by atomic mass is 16.5. The minimum absolute atomic E-state index is 0.246. The Balaban J connectivity index is 1.53. The molecule has 21 heavy (non-hydrogen) atoms. The third-order valence-corrected chi connectivity index (χ3v) is 3.59. The lowest BCUT2D eigenvalue weighted by Crippen LogP contribution is -2.12. The van der Waals surface area contributed by atoms with Crippen molar-refractivity contribution in [3.05, 3.63) is 59.7 Å². The van der Waals surface area contributed by atoms with Crippen LogP contribution >= 0.6 is 0 Å². The third kappa shape index (κ3) is 3.43. The number of fused-ring (bicyclic) bond motifs is 1. The zero-order valence-corrected chi connectivity index (χ0v) is 11.9. The van der Waals surface area contributed by atoms with Crippen LogP contribution < -0.4 is 9.47 Å². The van der Waals surface area contributed by atoms with Crippen molar-refractivity contribution in [2.75, 3.05) is 13.2 Å². The topological polar surface area (TPSA) is 35.5 Å². The van der Waals surface area contributed by atoms with Gasteiger partial charge in [0.05, 0.1) is 0 Å². The van der Waals surface area contributed by atoms with Crippen molar-refractivity contribution in [1.82, 2.24) is 0 Å². The van der Waals surface area contributed by atoms with Crippen LogP contribution in [0, 0.1) is 0 Å². The lowest BCUT2D eigenvalue weighted by molar-refractivity contribution is 0.0972. The first-order valence-corrected chi connectivity index (χ1v) is 7.30. The molecule has 3 rings (SSSR count). The van der Waals surface area contributed by atoms with Gasteiger partial charge in [-0.15, -0.1) is 0 Å². The molecule has 0 bridgehead atoms. The fourth-order valence-electron chi connectivity index (χ4n) is 2.55.